The molecule has 0 heterocycles. The van der Waals surface area contributed by atoms with Crippen LogP contribution < -0.4 is 16.2 Å². The Morgan fingerprint density at radius 1 is 0.895 bits per heavy atom. The molecule has 4 N–H and O–H groups in total. The molecule has 5 heteroatoms. The summed E-state index contributed by atoms with van der Waals surface area (Å²) in [5.74, 6) is 1.47. The standard InChI is InChI=1S/C14H15N3O2/c15-14(16)17-18-10-11-6-8-13(9-7-11)19-12-4-2-1-3-5-12/h1-9H,10H2,(H4,15,16,17). The number of nitrogens with zero attached hydrogens (tertiary/aromatic N) is 1. The highest BCUT2D eigenvalue weighted by atomic mass is 16.6. The summed E-state index contributed by atoms with van der Waals surface area (Å²) in [6.45, 7) is 0.309. The molecule has 0 saturated heterocycles. The Labute approximate surface area is 111 Å². The average Bonchev–Trinajstić information content (AvgIpc) is 2.42. The second-order valence-corrected chi connectivity index (χ2v) is 3.85. The molecule has 0 unspecified atom stereocenters. The Balaban J connectivity index is 1.93. The number of guanidine groups is 1. The molecule has 2 aromatic carbocycles. The maximum Gasteiger partial charge on any atom is 0.228 e. The number of ether oxygens (including phenoxy) is 1. The third-order valence-electron chi connectivity index (χ3n) is 2.30. The van der Waals surface area contributed by atoms with Gasteiger partial charge in [-0.1, -0.05) is 30.3 Å². The van der Waals surface area contributed by atoms with Crippen LogP contribution in [0.15, 0.2) is 59.8 Å². The van der Waals surface area contributed by atoms with Crippen LogP contribution in [0.1, 0.15) is 5.56 Å². The minimum absolute atomic E-state index is 0.0935. The number of para-hydroxylation sites is 1. The van der Waals surface area contributed by atoms with E-state index in [0.717, 1.165) is 17.1 Å². The maximum atomic E-state index is 5.67. The van der Waals surface area contributed by atoms with Crippen molar-refractivity contribution < 1.29 is 9.57 Å². The van der Waals surface area contributed by atoms with E-state index in [1.54, 1.807) is 0 Å². The zero-order chi connectivity index (χ0) is 13.5. The molecule has 0 amide bonds. The molecule has 2 rings (SSSR count). The fourth-order valence-electron chi connectivity index (χ4n) is 1.46. The lowest BCUT2D eigenvalue weighted by molar-refractivity contribution is 0.130. The number of oxime groups is 1. The summed E-state index contributed by atoms with van der Waals surface area (Å²) < 4.78 is 5.67. The van der Waals surface area contributed by atoms with Gasteiger partial charge >= 0.3 is 0 Å². The average molecular weight is 257 g/mol. The van der Waals surface area contributed by atoms with E-state index < -0.39 is 0 Å². The summed E-state index contributed by atoms with van der Waals surface area (Å²) in [5, 5.41) is 3.45. The van der Waals surface area contributed by atoms with Crippen LogP contribution >= 0.6 is 0 Å². The smallest absolute Gasteiger partial charge is 0.228 e. The van der Waals surface area contributed by atoms with Crippen molar-refractivity contribution in [3.8, 4) is 11.5 Å². The third kappa shape index (κ3) is 4.23. The topological polar surface area (TPSA) is 82.9 Å². The van der Waals surface area contributed by atoms with E-state index in [2.05, 4.69) is 5.16 Å². The molecule has 19 heavy (non-hydrogen) atoms. The van der Waals surface area contributed by atoms with Gasteiger partial charge in [-0.15, -0.1) is 0 Å². The Bertz CT molecular complexity index is 534. The number of rotatable bonds is 5. The van der Waals surface area contributed by atoms with Crippen molar-refractivity contribution in [2.24, 2.45) is 16.6 Å². The fourth-order valence-corrected chi connectivity index (χ4v) is 1.46. The SMILES string of the molecule is NC(N)=NOCc1ccc(Oc2ccccc2)cc1. The van der Waals surface area contributed by atoms with E-state index in [1.807, 2.05) is 54.6 Å². The van der Waals surface area contributed by atoms with Crippen LogP contribution in [0.4, 0.5) is 0 Å². The molecule has 0 bridgehead atoms. The van der Waals surface area contributed by atoms with Gasteiger partial charge in [0.2, 0.25) is 5.96 Å². The van der Waals surface area contributed by atoms with Gasteiger partial charge in [0.25, 0.3) is 0 Å². The Morgan fingerprint density at radius 2 is 1.53 bits per heavy atom. The molecular formula is C14H15N3O2. The first kappa shape index (κ1) is 12.8. The van der Waals surface area contributed by atoms with Crippen LogP contribution in [0.25, 0.3) is 0 Å². The summed E-state index contributed by atoms with van der Waals surface area (Å²) in [4.78, 5) is 4.94. The van der Waals surface area contributed by atoms with Crippen molar-refractivity contribution >= 4 is 5.96 Å². The Morgan fingerprint density at radius 3 is 2.16 bits per heavy atom. The monoisotopic (exact) mass is 257 g/mol. The summed E-state index contributed by atoms with van der Waals surface area (Å²) in [6, 6.07) is 17.1. The number of hydrogen-bond acceptors (Lipinski definition) is 3. The van der Waals surface area contributed by atoms with Crippen molar-refractivity contribution in [2.45, 2.75) is 6.61 Å². The summed E-state index contributed by atoms with van der Waals surface area (Å²) >= 11 is 0. The molecule has 0 atom stereocenters. The van der Waals surface area contributed by atoms with E-state index in [4.69, 9.17) is 21.0 Å². The van der Waals surface area contributed by atoms with Crippen LogP contribution in [-0.2, 0) is 11.4 Å². The summed E-state index contributed by atoms with van der Waals surface area (Å²) in [7, 11) is 0. The lowest BCUT2D eigenvalue weighted by Gasteiger charge is -2.06. The molecule has 0 aliphatic rings. The van der Waals surface area contributed by atoms with Crippen molar-refractivity contribution in [1.29, 1.82) is 0 Å². The molecule has 0 saturated carbocycles. The predicted molar refractivity (Wildman–Crippen MR) is 73.6 cm³/mol. The van der Waals surface area contributed by atoms with Crippen LogP contribution in [-0.4, -0.2) is 5.96 Å². The first-order valence-corrected chi connectivity index (χ1v) is 5.77. The van der Waals surface area contributed by atoms with E-state index >= 15 is 0 Å². The summed E-state index contributed by atoms with van der Waals surface area (Å²) in [5.41, 5.74) is 11.2. The van der Waals surface area contributed by atoms with Gasteiger partial charge in [0, 0.05) is 0 Å². The highest BCUT2D eigenvalue weighted by Gasteiger charge is 1.98. The second kappa shape index (κ2) is 6.30. The van der Waals surface area contributed by atoms with Crippen LogP contribution in [0.5, 0.6) is 11.5 Å². The highest BCUT2D eigenvalue weighted by Crippen LogP contribution is 2.21. The van der Waals surface area contributed by atoms with Crippen LogP contribution in [0, 0.1) is 0 Å². The van der Waals surface area contributed by atoms with E-state index in [9.17, 15) is 0 Å². The number of nitrogens with two attached hydrogens (primary N) is 2. The fraction of sp³-hybridized carbons (Fsp3) is 0.0714. The minimum Gasteiger partial charge on any atom is -0.457 e. The van der Waals surface area contributed by atoms with E-state index in [-0.39, 0.29) is 5.96 Å². The first-order valence-electron chi connectivity index (χ1n) is 5.77. The highest BCUT2D eigenvalue weighted by molar-refractivity contribution is 5.74. The zero-order valence-corrected chi connectivity index (χ0v) is 10.3. The van der Waals surface area contributed by atoms with Gasteiger partial charge in [-0.25, -0.2) is 0 Å². The second-order valence-electron chi connectivity index (χ2n) is 3.85. The molecule has 2 aromatic rings. The van der Waals surface area contributed by atoms with Crippen molar-refractivity contribution in [1.82, 2.24) is 0 Å². The first-order chi connectivity index (χ1) is 9.24. The number of benzene rings is 2. The van der Waals surface area contributed by atoms with Gasteiger partial charge < -0.3 is 21.0 Å². The van der Waals surface area contributed by atoms with Crippen LogP contribution in [0.3, 0.4) is 0 Å². The lowest BCUT2D eigenvalue weighted by atomic mass is 10.2. The van der Waals surface area contributed by atoms with Gasteiger partial charge in [0.1, 0.15) is 18.1 Å². The van der Waals surface area contributed by atoms with Gasteiger partial charge in [-0.3, -0.25) is 0 Å². The normalized spacial score (nSPS) is 9.68. The lowest BCUT2D eigenvalue weighted by Crippen LogP contribution is -2.22. The third-order valence-corrected chi connectivity index (χ3v) is 2.30. The van der Waals surface area contributed by atoms with E-state index in [1.165, 1.54) is 0 Å². The Kier molecular flexibility index (Phi) is 4.23. The molecule has 0 aromatic heterocycles. The molecular weight excluding hydrogens is 242 g/mol. The van der Waals surface area contributed by atoms with Crippen molar-refractivity contribution in [2.75, 3.05) is 0 Å². The molecule has 5 nitrogen and oxygen atoms in total. The summed E-state index contributed by atoms with van der Waals surface area (Å²) in [6.07, 6.45) is 0. The molecule has 0 fully saturated rings. The molecule has 0 spiro atoms. The van der Waals surface area contributed by atoms with Crippen molar-refractivity contribution in [3.63, 3.8) is 0 Å². The van der Waals surface area contributed by atoms with Gasteiger partial charge in [0.15, 0.2) is 0 Å². The maximum absolute atomic E-state index is 5.67. The van der Waals surface area contributed by atoms with E-state index in [0.29, 0.717) is 6.61 Å². The van der Waals surface area contributed by atoms with Gasteiger partial charge in [0.05, 0.1) is 0 Å². The van der Waals surface area contributed by atoms with Crippen molar-refractivity contribution in [3.05, 3.63) is 60.2 Å². The Hall–Kier alpha value is -2.69. The minimum atomic E-state index is -0.0935. The molecule has 0 aliphatic heterocycles. The molecule has 0 aliphatic carbocycles. The number of hydrogen-bond donors (Lipinski definition) is 2. The van der Waals surface area contributed by atoms with Crippen LogP contribution in [0.2, 0.25) is 0 Å². The van der Waals surface area contributed by atoms with Gasteiger partial charge in [-0.2, -0.15) is 0 Å². The zero-order valence-electron chi connectivity index (χ0n) is 10.3. The predicted octanol–water partition coefficient (Wildman–Crippen LogP) is 2.18. The quantitative estimate of drug-likeness (QED) is 0.488. The largest absolute Gasteiger partial charge is 0.457 e. The molecule has 98 valence electrons. The van der Waals surface area contributed by atoms with Gasteiger partial charge in [-0.05, 0) is 35.0 Å². The molecule has 0 radical (unpaired) electrons.